The van der Waals surface area contributed by atoms with Gasteiger partial charge in [-0.25, -0.2) is 0 Å². The van der Waals surface area contributed by atoms with E-state index < -0.39 is 0 Å². The molecule has 0 radical (unpaired) electrons. The molecular weight excluding hydrogens is 332 g/mol. The summed E-state index contributed by atoms with van der Waals surface area (Å²) in [6.07, 6.45) is 1.80. The van der Waals surface area contributed by atoms with Crippen molar-refractivity contribution in [1.82, 2.24) is 4.98 Å². The molecular formula is C12H10Br2N2. The van der Waals surface area contributed by atoms with Crippen molar-refractivity contribution < 1.29 is 0 Å². The molecule has 0 amide bonds. The monoisotopic (exact) mass is 340 g/mol. The lowest BCUT2D eigenvalue weighted by molar-refractivity contribution is 1.04. The number of para-hydroxylation sites is 1. The molecule has 0 atom stereocenters. The number of nitrogens with one attached hydrogen (secondary N) is 1. The maximum absolute atomic E-state index is 4.30. The zero-order valence-corrected chi connectivity index (χ0v) is 11.6. The Kier molecular flexibility index (Phi) is 3.96. The summed E-state index contributed by atoms with van der Waals surface area (Å²) < 4.78 is 2.06. The maximum Gasteiger partial charge on any atom is 0.0595 e. The van der Waals surface area contributed by atoms with Gasteiger partial charge in [-0.2, -0.15) is 0 Å². The number of pyridine rings is 1. The van der Waals surface area contributed by atoms with E-state index in [9.17, 15) is 0 Å². The number of halogens is 2. The number of anilines is 1. The van der Waals surface area contributed by atoms with Gasteiger partial charge in [0, 0.05) is 20.8 Å². The summed E-state index contributed by atoms with van der Waals surface area (Å²) in [7, 11) is 0. The topological polar surface area (TPSA) is 24.9 Å². The van der Waals surface area contributed by atoms with Crippen LogP contribution in [0.1, 0.15) is 5.69 Å². The first-order valence-electron chi connectivity index (χ1n) is 4.84. The van der Waals surface area contributed by atoms with Crippen molar-refractivity contribution in [1.29, 1.82) is 0 Å². The molecule has 0 aliphatic heterocycles. The van der Waals surface area contributed by atoms with Crippen LogP contribution in [-0.2, 0) is 6.54 Å². The maximum atomic E-state index is 4.30. The fraction of sp³-hybridized carbons (Fsp3) is 0.0833. The van der Waals surface area contributed by atoms with Crippen molar-refractivity contribution >= 4 is 37.5 Å². The van der Waals surface area contributed by atoms with Crippen molar-refractivity contribution in [2.45, 2.75) is 6.54 Å². The van der Waals surface area contributed by atoms with Gasteiger partial charge in [0.2, 0.25) is 0 Å². The number of rotatable bonds is 3. The number of aromatic nitrogens is 1. The van der Waals surface area contributed by atoms with Crippen molar-refractivity contribution in [2.24, 2.45) is 0 Å². The van der Waals surface area contributed by atoms with E-state index in [0.29, 0.717) is 0 Å². The molecule has 1 heterocycles. The Balaban J connectivity index is 2.02. The van der Waals surface area contributed by atoms with Crippen LogP contribution in [-0.4, -0.2) is 4.98 Å². The lowest BCUT2D eigenvalue weighted by Gasteiger charge is -2.07. The molecule has 2 nitrogen and oxygen atoms in total. The standard InChI is InChI=1S/C12H10Br2N2/c13-9-5-6-10(15-7-9)8-16-12-4-2-1-3-11(12)14/h1-7,16H,8H2. The molecule has 1 aromatic heterocycles. The van der Waals surface area contributed by atoms with Crippen LogP contribution >= 0.6 is 31.9 Å². The van der Waals surface area contributed by atoms with E-state index in [2.05, 4.69) is 42.2 Å². The minimum Gasteiger partial charge on any atom is -0.378 e. The Morgan fingerprint density at radius 3 is 2.56 bits per heavy atom. The van der Waals surface area contributed by atoms with Gasteiger partial charge in [-0.15, -0.1) is 0 Å². The minimum atomic E-state index is 0.718. The largest absolute Gasteiger partial charge is 0.378 e. The summed E-state index contributed by atoms with van der Waals surface area (Å²) in [5.74, 6) is 0. The van der Waals surface area contributed by atoms with Gasteiger partial charge in [0.05, 0.1) is 12.2 Å². The van der Waals surface area contributed by atoms with Crippen LogP contribution in [0.25, 0.3) is 0 Å². The second-order valence-electron chi connectivity index (χ2n) is 3.30. The Morgan fingerprint density at radius 1 is 1.06 bits per heavy atom. The summed E-state index contributed by atoms with van der Waals surface area (Å²) >= 11 is 6.85. The third-order valence-corrected chi connectivity index (χ3v) is 3.28. The van der Waals surface area contributed by atoms with E-state index in [0.717, 1.165) is 26.9 Å². The second-order valence-corrected chi connectivity index (χ2v) is 5.07. The summed E-state index contributed by atoms with van der Waals surface area (Å²) in [6.45, 7) is 0.718. The van der Waals surface area contributed by atoms with Gasteiger partial charge in [-0.1, -0.05) is 12.1 Å². The molecule has 1 aromatic carbocycles. The second kappa shape index (κ2) is 5.46. The molecule has 0 fully saturated rings. The molecule has 0 unspecified atom stereocenters. The molecule has 0 aliphatic carbocycles. The highest BCUT2D eigenvalue weighted by Gasteiger charge is 1.98. The zero-order chi connectivity index (χ0) is 11.4. The van der Waals surface area contributed by atoms with Crippen LogP contribution in [0.2, 0.25) is 0 Å². The molecule has 0 spiro atoms. The lowest BCUT2D eigenvalue weighted by atomic mass is 10.3. The number of benzene rings is 1. The van der Waals surface area contributed by atoms with Crippen molar-refractivity contribution in [3.8, 4) is 0 Å². The van der Waals surface area contributed by atoms with Gasteiger partial charge >= 0.3 is 0 Å². The minimum absolute atomic E-state index is 0.718. The molecule has 0 saturated heterocycles. The Bertz CT molecular complexity index is 469. The molecule has 0 saturated carbocycles. The number of nitrogens with zero attached hydrogens (tertiary/aromatic N) is 1. The van der Waals surface area contributed by atoms with E-state index in [1.165, 1.54) is 0 Å². The predicted octanol–water partition coefficient (Wildman–Crippen LogP) is 4.22. The molecule has 0 aliphatic rings. The van der Waals surface area contributed by atoms with Crippen molar-refractivity contribution in [3.05, 3.63) is 57.2 Å². The van der Waals surface area contributed by atoms with E-state index in [1.54, 1.807) is 6.20 Å². The first-order chi connectivity index (χ1) is 7.75. The Labute approximate surface area is 111 Å². The van der Waals surface area contributed by atoms with Crippen LogP contribution in [0.5, 0.6) is 0 Å². The highest BCUT2D eigenvalue weighted by atomic mass is 79.9. The van der Waals surface area contributed by atoms with Gasteiger partial charge in [-0.05, 0) is 56.1 Å². The smallest absolute Gasteiger partial charge is 0.0595 e. The van der Waals surface area contributed by atoms with E-state index in [-0.39, 0.29) is 0 Å². The van der Waals surface area contributed by atoms with E-state index >= 15 is 0 Å². The van der Waals surface area contributed by atoms with E-state index in [4.69, 9.17) is 0 Å². The zero-order valence-electron chi connectivity index (χ0n) is 8.45. The average Bonchev–Trinajstić information content (AvgIpc) is 2.30. The highest BCUT2D eigenvalue weighted by Crippen LogP contribution is 2.21. The highest BCUT2D eigenvalue weighted by molar-refractivity contribution is 9.10. The van der Waals surface area contributed by atoms with Gasteiger partial charge in [-0.3, -0.25) is 4.98 Å². The van der Waals surface area contributed by atoms with Gasteiger partial charge in [0.1, 0.15) is 0 Å². The fourth-order valence-electron chi connectivity index (χ4n) is 1.30. The lowest BCUT2D eigenvalue weighted by Crippen LogP contribution is -2.01. The SMILES string of the molecule is Brc1ccc(CNc2ccccc2Br)nc1. The first-order valence-corrected chi connectivity index (χ1v) is 6.43. The normalized spacial score (nSPS) is 10.1. The average molecular weight is 342 g/mol. The molecule has 2 aromatic rings. The third kappa shape index (κ3) is 3.06. The predicted molar refractivity (Wildman–Crippen MR) is 73.4 cm³/mol. The van der Waals surface area contributed by atoms with Crippen molar-refractivity contribution in [2.75, 3.05) is 5.32 Å². The summed E-state index contributed by atoms with van der Waals surface area (Å²) in [6, 6.07) is 12.0. The molecule has 4 heteroatoms. The van der Waals surface area contributed by atoms with Gasteiger partial charge in [0.25, 0.3) is 0 Å². The van der Waals surface area contributed by atoms with Crippen LogP contribution in [0.3, 0.4) is 0 Å². The van der Waals surface area contributed by atoms with Gasteiger partial charge in [0.15, 0.2) is 0 Å². The molecule has 82 valence electrons. The summed E-state index contributed by atoms with van der Waals surface area (Å²) in [4.78, 5) is 4.30. The van der Waals surface area contributed by atoms with Crippen LogP contribution in [0.15, 0.2) is 51.5 Å². The quantitative estimate of drug-likeness (QED) is 0.904. The van der Waals surface area contributed by atoms with Gasteiger partial charge < -0.3 is 5.32 Å². The molecule has 2 rings (SSSR count). The Hall–Kier alpha value is -0.870. The molecule has 0 bridgehead atoms. The summed E-state index contributed by atoms with van der Waals surface area (Å²) in [5, 5.41) is 3.32. The number of hydrogen-bond acceptors (Lipinski definition) is 2. The van der Waals surface area contributed by atoms with Crippen LogP contribution in [0, 0.1) is 0 Å². The molecule has 1 N–H and O–H groups in total. The first kappa shape index (κ1) is 11.6. The van der Waals surface area contributed by atoms with Crippen LogP contribution < -0.4 is 5.32 Å². The number of hydrogen-bond donors (Lipinski definition) is 1. The van der Waals surface area contributed by atoms with E-state index in [1.807, 2.05) is 36.4 Å². The summed E-state index contributed by atoms with van der Waals surface area (Å²) in [5.41, 5.74) is 2.09. The fourth-order valence-corrected chi connectivity index (χ4v) is 1.96. The van der Waals surface area contributed by atoms with Crippen molar-refractivity contribution in [3.63, 3.8) is 0 Å². The van der Waals surface area contributed by atoms with Crippen LogP contribution in [0.4, 0.5) is 5.69 Å². The Morgan fingerprint density at radius 2 is 1.88 bits per heavy atom. The molecule has 16 heavy (non-hydrogen) atoms. The third-order valence-electron chi connectivity index (χ3n) is 2.12.